The van der Waals surface area contributed by atoms with Crippen molar-refractivity contribution >= 4 is 51.3 Å². The fraction of sp³-hybridized carbons (Fsp3) is 0.333. The highest BCUT2D eigenvalue weighted by Crippen LogP contribution is 2.36. The highest BCUT2D eigenvalue weighted by molar-refractivity contribution is 7.71. The van der Waals surface area contributed by atoms with Crippen LogP contribution in [0.1, 0.15) is 26.4 Å². The van der Waals surface area contributed by atoms with Crippen LogP contribution in [0.4, 0.5) is 0 Å². The molecule has 3 heterocycles. The number of rotatable bonds is 5. The van der Waals surface area contributed by atoms with E-state index in [-0.39, 0.29) is 0 Å². The number of carbonyl (C=O) groups excluding carboxylic acids is 1. The predicted molar refractivity (Wildman–Crippen MR) is 121 cm³/mol. The third-order valence-corrected chi connectivity index (χ3v) is 7.20. The first-order chi connectivity index (χ1) is 13.9. The Labute approximate surface area is 183 Å². The molecule has 152 valence electrons. The number of hydrogen-bond acceptors (Lipinski definition) is 5. The minimum atomic E-state index is -0.495. The van der Waals surface area contributed by atoms with Crippen LogP contribution in [-0.2, 0) is 24.8 Å². The van der Waals surface area contributed by atoms with Crippen molar-refractivity contribution in [3.8, 4) is 0 Å². The average Bonchev–Trinajstić information content (AvgIpc) is 3.06. The number of halogens is 1. The predicted octanol–water partition coefficient (Wildman–Crippen LogP) is 4.14. The Morgan fingerprint density at radius 1 is 1.28 bits per heavy atom. The molecule has 5 nitrogen and oxygen atoms in total. The van der Waals surface area contributed by atoms with Crippen LogP contribution in [-0.4, -0.2) is 41.7 Å². The maximum Gasteiger partial charge on any atom is 0.251 e. The van der Waals surface area contributed by atoms with Gasteiger partial charge in [0.1, 0.15) is 4.83 Å². The largest absolute Gasteiger partial charge is 0.379 e. The minimum absolute atomic E-state index is 0.392. The molecule has 0 radical (unpaired) electrons. The number of ether oxygens (including phenoxy) is 1. The fourth-order valence-electron chi connectivity index (χ4n) is 3.68. The summed E-state index contributed by atoms with van der Waals surface area (Å²) < 4.78 is 7.99. The molecule has 0 unspecified atom stereocenters. The molecule has 0 bridgehead atoms. The first kappa shape index (κ1) is 20.5. The number of fused-ring (bicyclic) bond motifs is 1. The molecule has 0 spiro atoms. The van der Waals surface area contributed by atoms with Crippen LogP contribution in [0.3, 0.4) is 0 Å². The number of aryl methyl sites for hydroxylation is 1. The number of hydrogen-bond donors (Lipinski definition) is 1. The van der Waals surface area contributed by atoms with Crippen molar-refractivity contribution in [2.75, 3.05) is 26.3 Å². The number of nitrogens with zero attached hydrogens (tertiary/aromatic N) is 2. The Balaban J connectivity index is 1.86. The van der Waals surface area contributed by atoms with Crippen molar-refractivity contribution in [2.24, 2.45) is 12.8 Å². The second kappa shape index (κ2) is 8.53. The van der Waals surface area contributed by atoms with Crippen LogP contribution >= 0.6 is 35.2 Å². The number of pyridine rings is 1. The van der Waals surface area contributed by atoms with E-state index in [1.807, 2.05) is 35.9 Å². The zero-order valence-electron chi connectivity index (χ0n) is 16.1. The summed E-state index contributed by atoms with van der Waals surface area (Å²) in [5.41, 5.74) is 8.31. The number of nitrogens with two attached hydrogens (primary N) is 1. The summed E-state index contributed by atoms with van der Waals surface area (Å²) in [4.78, 5) is 16.7. The van der Waals surface area contributed by atoms with Crippen molar-refractivity contribution in [1.29, 1.82) is 0 Å². The van der Waals surface area contributed by atoms with E-state index < -0.39 is 5.91 Å². The van der Waals surface area contributed by atoms with Gasteiger partial charge in [-0.15, -0.1) is 11.3 Å². The summed E-state index contributed by atoms with van der Waals surface area (Å²) in [6.45, 7) is 4.17. The van der Waals surface area contributed by atoms with E-state index in [0.29, 0.717) is 15.1 Å². The van der Waals surface area contributed by atoms with Gasteiger partial charge in [-0.2, -0.15) is 0 Å². The van der Waals surface area contributed by atoms with Gasteiger partial charge in [-0.05, 0) is 29.7 Å². The SMILES string of the molecule is Cn1cc(C(N)=O)c(=S)c2c(Cc3ccc(Cl)cc3)c(CN3CCOCC3)sc21. The number of benzene rings is 1. The summed E-state index contributed by atoms with van der Waals surface area (Å²) in [5, 5.41) is 1.67. The first-order valence-electron chi connectivity index (χ1n) is 9.42. The van der Waals surface area contributed by atoms with Crippen molar-refractivity contribution in [2.45, 2.75) is 13.0 Å². The van der Waals surface area contributed by atoms with Crippen molar-refractivity contribution in [1.82, 2.24) is 9.47 Å². The zero-order chi connectivity index (χ0) is 20.5. The summed E-state index contributed by atoms with van der Waals surface area (Å²) in [6.07, 6.45) is 2.47. The van der Waals surface area contributed by atoms with Gasteiger partial charge in [0.25, 0.3) is 5.91 Å². The standard InChI is InChI=1S/C21H22ClN3O2S2/c1-24-11-16(20(23)26)19(28)18-15(10-13-2-4-14(22)5-3-13)17(29-21(18)24)12-25-6-8-27-9-7-25/h2-5,11H,6-10,12H2,1H3,(H2,23,26). The third-order valence-electron chi connectivity index (χ3n) is 5.22. The van der Waals surface area contributed by atoms with Crippen molar-refractivity contribution in [3.63, 3.8) is 0 Å². The number of aromatic nitrogens is 1. The van der Waals surface area contributed by atoms with E-state index in [9.17, 15) is 4.79 Å². The van der Waals surface area contributed by atoms with Crippen LogP contribution in [0.5, 0.6) is 0 Å². The number of primary amides is 1. The topological polar surface area (TPSA) is 60.5 Å². The van der Waals surface area contributed by atoms with Gasteiger partial charge < -0.3 is 15.0 Å². The van der Waals surface area contributed by atoms with E-state index in [2.05, 4.69) is 4.90 Å². The highest BCUT2D eigenvalue weighted by Gasteiger charge is 2.21. The minimum Gasteiger partial charge on any atom is -0.379 e. The molecule has 0 saturated carbocycles. The van der Waals surface area contributed by atoms with Crippen molar-refractivity contribution < 1.29 is 9.53 Å². The molecule has 2 N–H and O–H groups in total. The van der Waals surface area contributed by atoms with Gasteiger partial charge >= 0.3 is 0 Å². The lowest BCUT2D eigenvalue weighted by molar-refractivity contribution is 0.0345. The van der Waals surface area contributed by atoms with Gasteiger partial charge in [0.05, 0.1) is 23.3 Å². The summed E-state index contributed by atoms with van der Waals surface area (Å²) in [6, 6.07) is 7.86. The number of amides is 1. The number of thiophene rings is 1. The van der Waals surface area contributed by atoms with E-state index in [1.54, 1.807) is 17.5 Å². The van der Waals surface area contributed by atoms with Crippen LogP contribution < -0.4 is 5.73 Å². The second-order valence-corrected chi connectivity index (χ2v) is 9.15. The maximum absolute atomic E-state index is 12.0. The lowest BCUT2D eigenvalue weighted by Crippen LogP contribution is -2.35. The van der Waals surface area contributed by atoms with Gasteiger partial charge in [-0.25, -0.2) is 0 Å². The lowest BCUT2D eigenvalue weighted by atomic mass is 10.0. The molecular weight excluding hydrogens is 426 g/mol. The molecule has 1 aliphatic rings. The number of morpholine rings is 1. The molecule has 29 heavy (non-hydrogen) atoms. The Morgan fingerprint density at radius 3 is 2.62 bits per heavy atom. The van der Waals surface area contributed by atoms with E-state index in [1.165, 1.54) is 10.4 Å². The van der Waals surface area contributed by atoms with Crippen LogP contribution in [0, 0.1) is 4.51 Å². The number of carbonyl (C=O) groups is 1. The summed E-state index contributed by atoms with van der Waals surface area (Å²) >= 11 is 13.5. The molecule has 1 saturated heterocycles. The van der Waals surface area contributed by atoms with Crippen molar-refractivity contribution in [3.05, 3.63) is 61.6 Å². The maximum atomic E-state index is 12.0. The summed E-state index contributed by atoms with van der Waals surface area (Å²) in [7, 11) is 1.94. The molecule has 8 heteroatoms. The third kappa shape index (κ3) is 4.25. The highest BCUT2D eigenvalue weighted by atomic mass is 35.5. The first-order valence-corrected chi connectivity index (χ1v) is 11.0. The summed E-state index contributed by atoms with van der Waals surface area (Å²) in [5.74, 6) is -0.495. The molecule has 1 amide bonds. The van der Waals surface area contributed by atoms with Crippen LogP contribution in [0.25, 0.3) is 10.2 Å². The molecule has 3 aromatic rings. The fourth-order valence-corrected chi connectivity index (χ4v) is 5.55. The quantitative estimate of drug-likeness (QED) is 0.597. The second-order valence-electron chi connectivity index (χ2n) is 7.22. The molecule has 0 aliphatic carbocycles. The molecule has 4 rings (SSSR count). The monoisotopic (exact) mass is 447 g/mol. The molecule has 1 fully saturated rings. The smallest absolute Gasteiger partial charge is 0.251 e. The normalized spacial score (nSPS) is 15.1. The molecule has 1 aromatic carbocycles. The van der Waals surface area contributed by atoms with E-state index >= 15 is 0 Å². The van der Waals surface area contributed by atoms with Crippen LogP contribution in [0.15, 0.2) is 30.5 Å². The Kier molecular flexibility index (Phi) is 6.03. The zero-order valence-corrected chi connectivity index (χ0v) is 18.5. The van der Waals surface area contributed by atoms with Crippen LogP contribution in [0.2, 0.25) is 5.02 Å². The molecule has 1 aliphatic heterocycles. The van der Waals surface area contributed by atoms with Gasteiger partial charge in [0.15, 0.2) is 0 Å². The van der Waals surface area contributed by atoms with Gasteiger partial charge in [-0.1, -0.05) is 36.0 Å². The van der Waals surface area contributed by atoms with Gasteiger partial charge in [0.2, 0.25) is 0 Å². The van der Waals surface area contributed by atoms with Gasteiger partial charge in [-0.3, -0.25) is 9.69 Å². The van der Waals surface area contributed by atoms with E-state index in [4.69, 9.17) is 34.3 Å². The van der Waals surface area contributed by atoms with E-state index in [0.717, 1.165) is 55.0 Å². The van der Waals surface area contributed by atoms with Gasteiger partial charge in [0, 0.05) is 48.2 Å². The molecule has 2 aromatic heterocycles. The Morgan fingerprint density at radius 2 is 1.97 bits per heavy atom. The lowest BCUT2D eigenvalue weighted by Gasteiger charge is -2.26. The Hall–Kier alpha value is -1.77. The molecular formula is C21H22ClN3O2S2. The molecule has 0 atom stereocenters. The Bertz CT molecular complexity index is 1120. The average molecular weight is 448 g/mol.